The van der Waals surface area contributed by atoms with Crippen molar-refractivity contribution in [1.82, 2.24) is 19.6 Å². The lowest BCUT2D eigenvalue weighted by molar-refractivity contribution is 0.214. The van der Waals surface area contributed by atoms with Crippen molar-refractivity contribution >= 4 is 17.2 Å². The fourth-order valence-corrected chi connectivity index (χ4v) is 3.19. The largest absolute Gasteiger partial charge is 0.317 e. The van der Waals surface area contributed by atoms with Crippen molar-refractivity contribution < 1.29 is 0 Å². The molecule has 0 aromatic carbocycles. The number of nitrogens with zero attached hydrogens (tertiary/aromatic N) is 3. The molecule has 1 unspecified atom stereocenters. The molecule has 0 aliphatic carbocycles. The second kappa shape index (κ2) is 6.77. The predicted octanol–water partition coefficient (Wildman–Crippen LogP) is 1.92. The Bertz CT molecular complexity index is 707. The van der Waals surface area contributed by atoms with Crippen LogP contribution in [0.3, 0.4) is 0 Å². The molecule has 1 fully saturated rings. The summed E-state index contributed by atoms with van der Waals surface area (Å²) in [6.45, 7) is 2.85. The van der Waals surface area contributed by atoms with Crippen LogP contribution in [0.2, 0.25) is 5.02 Å². The number of aromatic nitrogens is 2. The van der Waals surface area contributed by atoms with Crippen molar-refractivity contribution in [2.75, 3.05) is 20.1 Å². The number of rotatable bonds is 3. The lowest BCUT2D eigenvalue weighted by Crippen LogP contribution is -2.33. The van der Waals surface area contributed by atoms with E-state index < -0.39 is 0 Å². The van der Waals surface area contributed by atoms with Gasteiger partial charge in [-0.05, 0) is 51.5 Å². The third kappa shape index (κ3) is 3.48. The quantitative estimate of drug-likeness (QED) is 0.938. The molecule has 2 aromatic heterocycles. The van der Waals surface area contributed by atoms with Gasteiger partial charge in [-0.25, -0.2) is 4.98 Å². The first-order chi connectivity index (χ1) is 10.6. The lowest BCUT2D eigenvalue weighted by atomic mass is 10.1. The Hall–Kier alpha value is -1.43. The molecule has 1 atom stereocenters. The minimum Gasteiger partial charge on any atom is -0.317 e. The summed E-state index contributed by atoms with van der Waals surface area (Å²) in [7, 11) is 2.11. The minimum atomic E-state index is -0.0848. The van der Waals surface area contributed by atoms with Crippen molar-refractivity contribution in [2.24, 2.45) is 0 Å². The van der Waals surface area contributed by atoms with Crippen LogP contribution in [0.25, 0.3) is 5.65 Å². The summed E-state index contributed by atoms with van der Waals surface area (Å²) in [6, 6.07) is 5.69. The molecule has 2 aromatic rings. The van der Waals surface area contributed by atoms with Gasteiger partial charge in [0.1, 0.15) is 5.65 Å². The molecule has 1 aliphatic heterocycles. The molecular weight excluding hydrogens is 300 g/mol. The van der Waals surface area contributed by atoms with Crippen molar-refractivity contribution in [2.45, 2.75) is 31.8 Å². The van der Waals surface area contributed by atoms with Gasteiger partial charge < -0.3 is 5.32 Å². The molecule has 1 N–H and O–H groups in total. The van der Waals surface area contributed by atoms with E-state index in [0.29, 0.717) is 23.3 Å². The molecular formula is C16H21ClN4O. The topological polar surface area (TPSA) is 49.6 Å². The van der Waals surface area contributed by atoms with Gasteiger partial charge in [0.05, 0.1) is 10.7 Å². The Kier molecular flexibility index (Phi) is 4.76. The molecule has 0 amide bonds. The summed E-state index contributed by atoms with van der Waals surface area (Å²) in [5.41, 5.74) is 1.37. The molecule has 1 aliphatic rings. The molecule has 0 saturated carbocycles. The van der Waals surface area contributed by atoms with Gasteiger partial charge in [0.2, 0.25) is 0 Å². The van der Waals surface area contributed by atoms with E-state index >= 15 is 0 Å². The third-order valence-corrected chi connectivity index (χ3v) is 4.48. The number of hydrogen-bond acceptors (Lipinski definition) is 4. The van der Waals surface area contributed by atoms with E-state index in [4.69, 9.17) is 11.6 Å². The second-order valence-corrected chi connectivity index (χ2v) is 6.35. The first kappa shape index (κ1) is 15.5. The SMILES string of the molecule is CN(Cc1cc(=O)n2cc(Cl)ccc2n1)C1CCCNCC1. The molecule has 0 bridgehead atoms. The second-order valence-electron chi connectivity index (χ2n) is 5.91. The summed E-state index contributed by atoms with van der Waals surface area (Å²) in [4.78, 5) is 19.1. The highest BCUT2D eigenvalue weighted by atomic mass is 35.5. The van der Waals surface area contributed by atoms with Crippen LogP contribution in [-0.4, -0.2) is 40.5 Å². The van der Waals surface area contributed by atoms with Crippen LogP contribution in [0.4, 0.5) is 0 Å². The van der Waals surface area contributed by atoms with Gasteiger partial charge in [-0.1, -0.05) is 11.6 Å². The smallest absolute Gasteiger partial charge is 0.258 e. The zero-order chi connectivity index (χ0) is 15.5. The van der Waals surface area contributed by atoms with Crippen molar-refractivity contribution in [3.63, 3.8) is 0 Å². The predicted molar refractivity (Wildman–Crippen MR) is 88.4 cm³/mol. The molecule has 1 saturated heterocycles. The van der Waals surface area contributed by atoms with Gasteiger partial charge in [-0.3, -0.25) is 14.1 Å². The summed E-state index contributed by atoms with van der Waals surface area (Å²) >= 11 is 5.93. The fraction of sp³-hybridized carbons (Fsp3) is 0.500. The first-order valence-corrected chi connectivity index (χ1v) is 8.10. The molecule has 0 spiro atoms. The molecule has 3 heterocycles. The van der Waals surface area contributed by atoms with Crippen LogP contribution in [0.5, 0.6) is 0 Å². The molecule has 5 nitrogen and oxygen atoms in total. The van der Waals surface area contributed by atoms with Crippen LogP contribution in [0, 0.1) is 0 Å². The summed E-state index contributed by atoms with van der Waals surface area (Å²) < 4.78 is 1.49. The maximum absolute atomic E-state index is 12.2. The van der Waals surface area contributed by atoms with Gasteiger partial charge in [0.25, 0.3) is 5.56 Å². The standard InChI is InChI=1S/C16H21ClN4O/c1-20(14-3-2-7-18-8-6-14)11-13-9-16(22)21-10-12(17)4-5-15(21)19-13/h4-5,9-10,14,18H,2-3,6-8,11H2,1H3. The molecule has 0 radical (unpaired) electrons. The van der Waals surface area contributed by atoms with Crippen LogP contribution >= 0.6 is 11.6 Å². The van der Waals surface area contributed by atoms with Gasteiger partial charge in [0.15, 0.2) is 0 Å². The number of halogens is 1. The zero-order valence-corrected chi connectivity index (χ0v) is 13.5. The number of hydrogen-bond donors (Lipinski definition) is 1. The highest BCUT2D eigenvalue weighted by molar-refractivity contribution is 6.30. The normalized spacial score (nSPS) is 19.5. The van der Waals surface area contributed by atoms with Crippen LogP contribution in [0.1, 0.15) is 25.0 Å². The maximum Gasteiger partial charge on any atom is 0.258 e. The van der Waals surface area contributed by atoms with Crippen LogP contribution in [-0.2, 0) is 6.54 Å². The minimum absolute atomic E-state index is 0.0848. The summed E-state index contributed by atoms with van der Waals surface area (Å²) in [5.74, 6) is 0. The Morgan fingerprint density at radius 3 is 3.14 bits per heavy atom. The van der Waals surface area contributed by atoms with Crippen LogP contribution < -0.4 is 10.9 Å². The number of pyridine rings is 1. The summed E-state index contributed by atoms with van der Waals surface area (Å²) in [5, 5.41) is 3.96. The monoisotopic (exact) mass is 320 g/mol. The third-order valence-electron chi connectivity index (χ3n) is 4.26. The highest BCUT2D eigenvalue weighted by Gasteiger charge is 2.17. The molecule has 118 valence electrons. The Labute approximate surface area is 134 Å². The van der Waals surface area contributed by atoms with Gasteiger partial charge in [-0.2, -0.15) is 0 Å². The van der Waals surface area contributed by atoms with E-state index in [9.17, 15) is 4.79 Å². The highest BCUT2D eigenvalue weighted by Crippen LogP contribution is 2.14. The van der Waals surface area contributed by atoms with Crippen molar-refractivity contribution in [1.29, 1.82) is 0 Å². The fourth-order valence-electron chi connectivity index (χ4n) is 3.03. The Morgan fingerprint density at radius 2 is 2.27 bits per heavy atom. The van der Waals surface area contributed by atoms with E-state index in [1.54, 1.807) is 24.4 Å². The van der Waals surface area contributed by atoms with Crippen LogP contribution in [0.15, 0.2) is 29.2 Å². The van der Waals surface area contributed by atoms with E-state index in [1.807, 2.05) is 0 Å². The first-order valence-electron chi connectivity index (χ1n) is 7.72. The van der Waals surface area contributed by atoms with Crippen molar-refractivity contribution in [3.8, 4) is 0 Å². The van der Waals surface area contributed by atoms with Gasteiger partial charge in [0, 0.05) is 24.8 Å². The Balaban J connectivity index is 1.81. The zero-order valence-electron chi connectivity index (χ0n) is 12.8. The molecule has 22 heavy (non-hydrogen) atoms. The van der Waals surface area contributed by atoms with Crippen molar-refractivity contribution in [3.05, 3.63) is 45.5 Å². The average Bonchev–Trinajstić information content (AvgIpc) is 2.77. The molecule has 6 heteroatoms. The van der Waals surface area contributed by atoms with E-state index in [-0.39, 0.29) is 5.56 Å². The molecule has 3 rings (SSSR count). The van der Waals surface area contributed by atoms with Gasteiger partial charge in [-0.15, -0.1) is 0 Å². The number of fused-ring (bicyclic) bond motifs is 1. The maximum atomic E-state index is 12.2. The van der Waals surface area contributed by atoms with E-state index in [0.717, 1.165) is 25.2 Å². The van der Waals surface area contributed by atoms with E-state index in [1.165, 1.54) is 17.2 Å². The number of nitrogens with one attached hydrogen (secondary N) is 1. The van der Waals surface area contributed by atoms with E-state index in [2.05, 4.69) is 22.2 Å². The average molecular weight is 321 g/mol. The lowest BCUT2D eigenvalue weighted by Gasteiger charge is -2.26. The Morgan fingerprint density at radius 1 is 1.41 bits per heavy atom. The van der Waals surface area contributed by atoms with Gasteiger partial charge >= 0.3 is 0 Å². The summed E-state index contributed by atoms with van der Waals surface area (Å²) in [6.07, 6.45) is 5.13.